The van der Waals surface area contributed by atoms with Gasteiger partial charge in [0.1, 0.15) is 5.82 Å². The highest BCUT2D eigenvalue weighted by Crippen LogP contribution is 2.16. The van der Waals surface area contributed by atoms with E-state index in [2.05, 4.69) is 26.9 Å². The first-order valence-electron chi connectivity index (χ1n) is 7.05. The molecule has 1 aromatic heterocycles. The molecule has 24 heavy (non-hydrogen) atoms. The Kier molecular flexibility index (Phi) is 6.17. The van der Waals surface area contributed by atoms with Crippen LogP contribution >= 0.6 is 11.6 Å². The topological polar surface area (TPSA) is 83.1 Å². The predicted molar refractivity (Wildman–Crippen MR) is 94.0 cm³/mol. The summed E-state index contributed by atoms with van der Waals surface area (Å²) in [5, 5.41) is 8.62. The lowest BCUT2D eigenvalue weighted by molar-refractivity contribution is -0.119. The average molecular weight is 343 g/mol. The highest BCUT2D eigenvalue weighted by Gasteiger charge is 2.07. The van der Waals surface area contributed by atoms with Gasteiger partial charge in [0, 0.05) is 16.9 Å². The van der Waals surface area contributed by atoms with Gasteiger partial charge in [0.2, 0.25) is 5.91 Å². The van der Waals surface area contributed by atoms with E-state index >= 15 is 0 Å². The first-order chi connectivity index (χ1) is 11.6. The monoisotopic (exact) mass is 342 g/mol. The van der Waals surface area contributed by atoms with Crippen LogP contribution in [-0.2, 0) is 4.79 Å². The molecule has 0 atom stereocenters. The molecule has 0 aliphatic rings. The van der Waals surface area contributed by atoms with E-state index in [0.29, 0.717) is 22.1 Å². The Morgan fingerprint density at radius 3 is 2.75 bits per heavy atom. The molecule has 0 saturated heterocycles. The van der Waals surface area contributed by atoms with Crippen LogP contribution in [0.5, 0.6) is 0 Å². The van der Waals surface area contributed by atoms with Gasteiger partial charge in [-0.2, -0.15) is 0 Å². The van der Waals surface area contributed by atoms with Crippen molar-refractivity contribution >= 4 is 34.9 Å². The molecule has 0 fully saturated rings. The number of halogens is 1. The van der Waals surface area contributed by atoms with Gasteiger partial charge in [0.05, 0.1) is 18.7 Å². The Labute approximate surface area is 144 Å². The zero-order valence-corrected chi connectivity index (χ0v) is 13.4. The van der Waals surface area contributed by atoms with E-state index in [1.165, 1.54) is 6.20 Å². The Morgan fingerprint density at radius 1 is 1.25 bits per heavy atom. The van der Waals surface area contributed by atoms with Gasteiger partial charge in [-0.3, -0.25) is 9.59 Å². The summed E-state index contributed by atoms with van der Waals surface area (Å²) < 4.78 is 0. The van der Waals surface area contributed by atoms with Gasteiger partial charge in [-0.05, 0) is 30.3 Å². The fraction of sp³-hybridized carbons (Fsp3) is 0.118. The summed E-state index contributed by atoms with van der Waals surface area (Å²) in [6, 6.07) is 10.1. The van der Waals surface area contributed by atoms with Crippen LogP contribution in [0.2, 0.25) is 5.02 Å². The number of pyridine rings is 1. The van der Waals surface area contributed by atoms with E-state index in [9.17, 15) is 9.59 Å². The van der Waals surface area contributed by atoms with Crippen molar-refractivity contribution in [1.29, 1.82) is 0 Å². The normalized spacial score (nSPS) is 9.67. The van der Waals surface area contributed by atoms with Crippen LogP contribution in [0.25, 0.3) is 0 Å². The van der Waals surface area contributed by atoms with Crippen LogP contribution in [0.3, 0.4) is 0 Å². The number of anilines is 2. The minimum Gasteiger partial charge on any atom is -0.361 e. The van der Waals surface area contributed by atoms with Gasteiger partial charge in [0.25, 0.3) is 5.91 Å². The Bertz CT molecular complexity index is 769. The molecular formula is C17H15ClN4O2. The maximum Gasteiger partial charge on any atom is 0.257 e. The second-order valence-electron chi connectivity index (χ2n) is 4.73. The summed E-state index contributed by atoms with van der Waals surface area (Å²) in [6.45, 7) is 0.222. The third kappa shape index (κ3) is 5.30. The van der Waals surface area contributed by atoms with Crippen LogP contribution in [-0.4, -0.2) is 29.9 Å². The molecule has 6 nitrogen and oxygen atoms in total. The van der Waals surface area contributed by atoms with Crippen LogP contribution in [0.15, 0.2) is 42.6 Å². The number of benzene rings is 1. The van der Waals surface area contributed by atoms with Crippen LogP contribution in [0, 0.1) is 12.3 Å². The number of nitrogens with zero attached hydrogens (tertiary/aromatic N) is 1. The van der Waals surface area contributed by atoms with Gasteiger partial charge in [-0.1, -0.05) is 23.6 Å². The van der Waals surface area contributed by atoms with Crippen molar-refractivity contribution in [2.24, 2.45) is 0 Å². The molecule has 7 heteroatoms. The lowest BCUT2D eigenvalue weighted by Crippen LogP contribution is -2.30. The van der Waals surface area contributed by atoms with E-state index in [4.69, 9.17) is 18.0 Å². The van der Waals surface area contributed by atoms with Crippen molar-refractivity contribution in [2.45, 2.75) is 0 Å². The summed E-state index contributed by atoms with van der Waals surface area (Å²) in [7, 11) is 0. The molecule has 0 saturated carbocycles. The number of nitrogens with one attached hydrogen (secondary N) is 3. The molecule has 0 radical (unpaired) electrons. The van der Waals surface area contributed by atoms with Crippen molar-refractivity contribution < 1.29 is 9.59 Å². The molecule has 1 aromatic carbocycles. The van der Waals surface area contributed by atoms with Gasteiger partial charge in [-0.25, -0.2) is 4.98 Å². The molecule has 3 N–H and O–H groups in total. The van der Waals surface area contributed by atoms with E-state index in [1.807, 2.05) is 0 Å². The first kappa shape index (κ1) is 17.3. The number of terminal acetylenes is 1. The number of amides is 2. The van der Waals surface area contributed by atoms with Crippen molar-refractivity contribution in [1.82, 2.24) is 10.3 Å². The quantitative estimate of drug-likeness (QED) is 0.702. The first-order valence-corrected chi connectivity index (χ1v) is 7.43. The van der Waals surface area contributed by atoms with Crippen molar-refractivity contribution in [3.63, 3.8) is 0 Å². The molecule has 122 valence electrons. The van der Waals surface area contributed by atoms with Crippen molar-refractivity contribution in [2.75, 3.05) is 23.7 Å². The van der Waals surface area contributed by atoms with Crippen molar-refractivity contribution in [3.05, 3.63) is 53.2 Å². The van der Waals surface area contributed by atoms with Gasteiger partial charge >= 0.3 is 0 Å². The Morgan fingerprint density at radius 2 is 2.08 bits per heavy atom. The average Bonchev–Trinajstić information content (AvgIpc) is 2.58. The van der Waals surface area contributed by atoms with Crippen LogP contribution < -0.4 is 16.0 Å². The molecule has 2 aromatic rings. The number of rotatable bonds is 6. The summed E-state index contributed by atoms with van der Waals surface area (Å²) in [4.78, 5) is 27.6. The Hall–Kier alpha value is -3.04. The number of carbonyl (C=O) groups is 2. The highest BCUT2D eigenvalue weighted by atomic mass is 35.5. The van der Waals surface area contributed by atoms with Gasteiger partial charge in [-0.15, -0.1) is 6.42 Å². The number of hydrogen-bond acceptors (Lipinski definition) is 4. The predicted octanol–water partition coefficient (Wildman–Crippen LogP) is 2.15. The fourth-order valence-electron chi connectivity index (χ4n) is 1.79. The number of aromatic nitrogens is 1. The second-order valence-corrected chi connectivity index (χ2v) is 5.17. The smallest absolute Gasteiger partial charge is 0.257 e. The molecule has 0 aliphatic heterocycles. The summed E-state index contributed by atoms with van der Waals surface area (Å²) in [5.41, 5.74) is 0.984. The lowest BCUT2D eigenvalue weighted by atomic mass is 10.2. The molecule has 0 aliphatic carbocycles. The Balaban J connectivity index is 1.90. The van der Waals surface area contributed by atoms with Crippen molar-refractivity contribution in [3.8, 4) is 12.3 Å². The molecule has 2 amide bonds. The number of hydrogen-bond donors (Lipinski definition) is 3. The highest BCUT2D eigenvalue weighted by molar-refractivity contribution is 6.30. The third-order valence-corrected chi connectivity index (χ3v) is 3.16. The second kappa shape index (κ2) is 8.56. The minimum absolute atomic E-state index is 0.0444. The molecule has 0 unspecified atom stereocenters. The SMILES string of the molecule is C#CCNC(=O)CNc1ccc(C(=O)Nc2cccc(Cl)c2)cn1. The minimum atomic E-state index is -0.303. The fourth-order valence-corrected chi connectivity index (χ4v) is 1.98. The molecular weight excluding hydrogens is 328 g/mol. The largest absolute Gasteiger partial charge is 0.361 e. The molecule has 2 rings (SSSR count). The molecule has 0 bridgehead atoms. The van der Waals surface area contributed by atoms with Gasteiger partial charge in [0.15, 0.2) is 0 Å². The zero-order chi connectivity index (χ0) is 17.4. The van der Waals surface area contributed by atoms with E-state index in [1.54, 1.807) is 36.4 Å². The van der Waals surface area contributed by atoms with E-state index in [0.717, 1.165) is 0 Å². The standard InChI is InChI=1S/C17H15ClN4O2/c1-2-8-19-16(23)11-21-15-7-6-12(10-20-15)17(24)22-14-5-3-4-13(18)9-14/h1,3-7,9-10H,8,11H2,(H,19,23)(H,20,21)(H,22,24). The zero-order valence-electron chi connectivity index (χ0n) is 12.7. The molecule has 1 heterocycles. The number of carbonyl (C=O) groups excluding carboxylic acids is 2. The summed E-state index contributed by atoms with van der Waals surface area (Å²) >= 11 is 5.87. The van der Waals surface area contributed by atoms with Gasteiger partial charge < -0.3 is 16.0 Å². The maximum absolute atomic E-state index is 12.1. The maximum atomic E-state index is 12.1. The third-order valence-electron chi connectivity index (χ3n) is 2.93. The van der Waals surface area contributed by atoms with E-state index in [-0.39, 0.29) is 24.9 Å². The van der Waals surface area contributed by atoms with Crippen LogP contribution in [0.1, 0.15) is 10.4 Å². The molecule has 0 spiro atoms. The summed E-state index contributed by atoms with van der Waals surface area (Å²) in [6.07, 6.45) is 6.47. The van der Waals surface area contributed by atoms with Crippen LogP contribution in [0.4, 0.5) is 11.5 Å². The summed E-state index contributed by atoms with van der Waals surface area (Å²) in [5.74, 6) is 2.25. The van der Waals surface area contributed by atoms with E-state index < -0.39 is 0 Å². The lowest BCUT2D eigenvalue weighted by Gasteiger charge is -2.07.